The molecule has 1 aliphatic heterocycles. The SMILES string of the molecule is O=C(O)[C@H]1CNCC[C@H]1CCCC#Cc1ccccc1Cc1ccccc1. The lowest BCUT2D eigenvalue weighted by Gasteiger charge is -2.29. The van der Waals surface area contributed by atoms with Gasteiger partial charge in [0.05, 0.1) is 5.92 Å². The summed E-state index contributed by atoms with van der Waals surface area (Å²) in [5.74, 6) is 5.97. The average molecular weight is 361 g/mol. The zero-order valence-electron chi connectivity index (χ0n) is 15.7. The molecular formula is C24H27NO2. The highest BCUT2D eigenvalue weighted by Gasteiger charge is 2.29. The predicted molar refractivity (Wildman–Crippen MR) is 109 cm³/mol. The van der Waals surface area contributed by atoms with E-state index in [2.05, 4.69) is 59.6 Å². The lowest BCUT2D eigenvalue weighted by atomic mass is 9.83. The van der Waals surface area contributed by atoms with Gasteiger partial charge in [-0.2, -0.15) is 0 Å². The molecule has 0 aliphatic carbocycles. The quantitative estimate of drug-likeness (QED) is 0.601. The molecular weight excluding hydrogens is 334 g/mol. The minimum atomic E-state index is -0.673. The van der Waals surface area contributed by atoms with Crippen LogP contribution in [0, 0.1) is 23.7 Å². The van der Waals surface area contributed by atoms with Crippen LogP contribution in [0.1, 0.15) is 42.4 Å². The minimum absolute atomic E-state index is 0.252. The van der Waals surface area contributed by atoms with Crippen LogP contribution in [0.25, 0.3) is 0 Å². The van der Waals surface area contributed by atoms with Gasteiger partial charge in [-0.05, 0) is 55.3 Å². The summed E-state index contributed by atoms with van der Waals surface area (Å²) >= 11 is 0. The number of rotatable bonds is 6. The summed E-state index contributed by atoms with van der Waals surface area (Å²) in [5.41, 5.74) is 3.63. The summed E-state index contributed by atoms with van der Waals surface area (Å²) in [4.78, 5) is 11.4. The van der Waals surface area contributed by atoms with Gasteiger partial charge in [0.1, 0.15) is 0 Å². The topological polar surface area (TPSA) is 49.3 Å². The van der Waals surface area contributed by atoms with Crippen molar-refractivity contribution in [2.24, 2.45) is 11.8 Å². The predicted octanol–water partition coefficient (Wildman–Crippen LogP) is 4.11. The van der Waals surface area contributed by atoms with Gasteiger partial charge < -0.3 is 10.4 Å². The highest BCUT2D eigenvalue weighted by Crippen LogP contribution is 2.25. The molecule has 1 heterocycles. The molecule has 0 saturated carbocycles. The van der Waals surface area contributed by atoms with Gasteiger partial charge in [-0.15, -0.1) is 0 Å². The first-order valence-corrected chi connectivity index (χ1v) is 9.78. The number of carboxylic acids is 1. The zero-order valence-corrected chi connectivity index (χ0v) is 15.7. The summed E-state index contributed by atoms with van der Waals surface area (Å²) in [6.07, 6.45) is 4.56. The molecule has 0 amide bonds. The van der Waals surface area contributed by atoms with Crippen LogP contribution < -0.4 is 5.32 Å². The van der Waals surface area contributed by atoms with Crippen molar-refractivity contribution in [2.75, 3.05) is 13.1 Å². The molecule has 2 aromatic rings. The highest BCUT2D eigenvalue weighted by atomic mass is 16.4. The molecule has 1 aliphatic rings. The second-order valence-corrected chi connectivity index (χ2v) is 7.21. The molecule has 0 aromatic heterocycles. The Morgan fingerprint density at radius 2 is 1.89 bits per heavy atom. The number of hydrogen-bond donors (Lipinski definition) is 2. The molecule has 0 unspecified atom stereocenters. The lowest BCUT2D eigenvalue weighted by Crippen LogP contribution is -2.40. The van der Waals surface area contributed by atoms with Gasteiger partial charge >= 0.3 is 5.97 Å². The molecule has 0 bridgehead atoms. The average Bonchev–Trinajstić information content (AvgIpc) is 2.70. The van der Waals surface area contributed by atoms with E-state index in [0.717, 1.165) is 44.2 Å². The fraction of sp³-hybridized carbons (Fsp3) is 0.375. The van der Waals surface area contributed by atoms with Crippen LogP contribution in [-0.4, -0.2) is 24.2 Å². The second-order valence-electron chi connectivity index (χ2n) is 7.21. The smallest absolute Gasteiger partial charge is 0.308 e. The third-order valence-corrected chi connectivity index (χ3v) is 5.30. The van der Waals surface area contributed by atoms with Crippen molar-refractivity contribution < 1.29 is 9.90 Å². The standard InChI is InChI=1S/C24H27NO2/c26-24(27)23-18-25-16-15-21(23)13-6-2-5-11-20-12-7-8-14-22(20)17-19-9-3-1-4-10-19/h1,3-4,7-10,12,14,21,23,25H,2,6,13,15-18H2,(H,26,27)/t21-,23+/m1/s1. The van der Waals surface area contributed by atoms with E-state index in [0.29, 0.717) is 6.54 Å². The van der Waals surface area contributed by atoms with Crippen molar-refractivity contribution in [1.82, 2.24) is 5.32 Å². The van der Waals surface area contributed by atoms with E-state index < -0.39 is 5.97 Å². The van der Waals surface area contributed by atoms with Crippen molar-refractivity contribution in [3.8, 4) is 11.8 Å². The van der Waals surface area contributed by atoms with E-state index in [1.807, 2.05) is 12.1 Å². The molecule has 140 valence electrons. The first kappa shape index (κ1) is 19.2. The second kappa shape index (κ2) is 9.94. The molecule has 1 saturated heterocycles. The Labute approximate surface area is 161 Å². The Kier molecular flexibility index (Phi) is 7.07. The number of benzene rings is 2. The Bertz CT molecular complexity index is 804. The number of aliphatic carboxylic acids is 1. The van der Waals surface area contributed by atoms with Gasteiger partial charge in [0.2, 0.25) is 0 Å². The first-order chi connectivity index (χ1) is 13.2. The van der Waals surface area contributed by atoms with E-state index in [1.54, 1.807) is 0 Å². The van der Waals surface area contributed by atoms with Gasteiger partial charge in [0, 0.05) is 18.5 Å². The maximum Gasteiger partial charge on any atom is 0.308 e. The van der Waals surface area contributed by atoms with Crippen LogP contribution in [0.4, 0.5) is 0 Å². The molecule has 27 heavy (non-hydrogen) atoms. The Morgan fingerprint density at radius 3 is 2.70 bits per heavy atom. The summed E-state index contributed by atoms with van der Waals surface area (Å²) in [7, 11) is 0. The summed E-state index contributed by atoms with van der Waals surface area (Å²) in [5, 5.41) is 12.5. The lowest BCUT2D eigenvalue weighted by molar-refractivity contribution is -0.144. The van der Waals surface area contributed by atoms with Gasteiger partial charge in [0.15, 0.2) is 0 Å². The monoisotopic (exact) mass is 361 g/mol. The molecule has 2 aromatic carbocycles. The zero-order chi connectivity index (χ0) is 18.9. The largest absolute Gasteiger partial charge is 0.481 e. The van der Waals surface area contributed by atoms with Crippen LogP contribution in [0.15, 0.2) is 54.6 Å². The van der Waals surface area contributed by atoms with Crippen LogP contribution in [0.2, 0.25) is 0 Å². The first-order valence-electron chi connectivity index (χ1n) is 9.78. The fourth-order valence-electron chi connectivity index (χ4n) is 3.77. The number of carbonyl (C=O) groups is 1. The van der Waals surface area contributed by atoms with Crippen LogP contribution in [0.3, 0.4) is 0 Å². The van der Waals surface area contributed by atoms with Crippen LogP contribution in [-0.2, 0) is 11.2 Å². The van der Waals surface area contributed by atoms with Gasteiger partial charge in [-0.3, -0.25) is 4.79 Å². The summed E-state index contributed by atoms with van der Waals surface area (Å²) in [6, 6.07) is 18.8. The highest BCUT2D eigenvalue weighted by molar-refractivity contribution is 5.70. The van der Waals surface area contributed by atoms with Gasteiger partial charge in [-0.1, -0.05) is 60.4 Å². The van der Waals surface area contributed by atoms with Crippen LogP contribution >= 0.6 is 0 Å². The maximum atomic E-state index is 11.4. The third-order valence-electron chi connectivity index (χ3n) is 5.30. The molecule has 3 rings (SSSR count). The van der Waals surface area contributed by atoms with Crippen molar-refractivity contribution in [1.29, 1.82) is 0 Å². The van der Waals surface area contributed by atoms with E-state index in [4.69, 9.17) is 0 Å². The van der Waals surface area contributed by atoms with E-state index in [9.17, 15) is 9.90 Å². The maximum absolute atomic E-state index is 11.4. The molecule has 0 radical (unpaired) electrons. The Balaban J connectivity index is 1.54. The van der Waals surface area contributed by atoms with E-state index in [-0.39, 0.29) is 11.8 Å². The molecule has 2 atom stereocenters. The fourth-order valence-corrected chi connectivity index (χ4v) is 3.77. The van der Waals surface area contributed by atoms with Gasteiger partial charge in [-0.25, -0.2) is 0 Å². The van der Waals surface area contributed by atoms with Crippen molar-refractivity contribution in [3.05, 3.63) is 71.3 Å². The van der Waals surface area contributed by atoms with E-state index in [1.165, 1.54) is 11.1 Å². The van der Waals surface area contributed by atoms with Gasteiger partial charge in [0.25, 0.3) is 0 Å². The number of carboxylic acid groups (broad SMARTS) is 1. The number of nitrogens with one attached hydrogen (secondary N) is 1. The minimum Gasteiger partial charge on any atom is -0.481 e. The van der Waals surface area contributed by atoms with Crippen LogP contribution in [0.5, 0.6) is 0 Å². The van der Waals surface area contributed by atoms with Crippen molar-refractivity contribution in [3.63, 3.8) is 0 Å². The normalized spacial score (nSPS) is 19.1. The number of hydrogen-bond acceptors (Lipinski definition) is 2. The summed E-state index contributed by atoms with van der Waals surface area (Å²) < 4.78 is 0. The summed E-state index contributed by atoms with van der Waals surface area (Å²) in [6.45, 7) is 1.52. The Hall–Kier alpha value is -2.57. The Morgan fingerprint density at radius 1 is 1.11 bits per heavy atom. The molecule has 3 nitrogen and oxygen atoms in total. The van der Waals surface area contributed by atoms with Crippen molar-refractivity contribution in [2.45, 2.75) is 32.1 Å². The third kappa shape index (κ3) is 5.70. The molecule has 0 spiro atoms. The van der Waals surface area contributed by atoms with Crippen molar-refractivity contribution >= 4 is 5.97 Å². The van der Waals surface area contributed by atoms with E-state index >= 15 is 0 Å². The molecule has 1 fully saturated rings. The number of unbranched alkanes of at least 4 members (excludes halogenated alkanes) is 1. The number of piperidine rings is 1. The molecule has 2 N–H and O–H groups in total. The molecule has 3 heteroatoms.